The highest BCUT2D eigenvalue weighted by atomic mass is 16.3. The van der Waals surface area contributed by atoms with Gasteiger partial charge in [-0.25, -0.2) is 0 Å². The van der Waals surface area contributed by atoms with Gasteiger partial charge in [0.15, 0.2) is 0 Å². The molecule has 0 amide bonds. The van der Waals surface area contributed by atoms with Crippen LogP contribution in [-0.4, -0.2) is 18.2 Å². The Morgan fingerprint density at radius 2 is 2.00 bits per heavy atom. The molecule has 0 aromatic heterocycles. The molecule has 0 aliphatic carbocycles. The van der Waals surface area contributed by atoms with E-state index >= 15 is 0 Å². The summed E-state index contributed by atoms with van der Waals surface area (Å²) in [6.07, 6.45) is 2.27. The molecule has 2 rings (SSSR count). The van der Waals surface area contributed by atoms with Gasteiger partial charge in [0, 0.05) is 0 Å². The molecular weight excluding hydrogens is 174 g/mol. The van der Waals surface area contributed by atoms with Gasteiger partial charge >= 0.3 is 0 Å². The average Bonchev–Trinajstić information content (AvgIpc) is 2.23. The van der Waals surface area contributed by atoms with Crippen molar-refractivity contribution < 1.29 is 5.11 Å². The van der Waals surface area contributed by atoms with Crippen LogP contribution in [0.4, 0.5) is 0 Å². The van der Waals surface area contributed by atoms with Crippen LogP contribution in [0.1, 0.15) is 29.9 Å². The molecule has 0 saturated carbocycles. The standard InChI is InChI=1S/C12H17NO/c1-9-3-2-4-11(12(9)14)10-5-7-13-8-6-10/h2-4,10,13-14H,5-8H2,1H3. The number of aromatic hydroxyl groups is 1. The minimum absolute atomic E-state index is 0.499. The first-order valence-corrected chi connectivity index (χ1v) is 5.28. The van der Waals surface area contributed by atoms with Crippen molar-refractivity contribution in [3.8, 4) is 5.75 Å². The van der Waals surface area contributed by atoms with Crippen LogP contribution in [-0.2, 0) is 0 Å². The lowest BCUT2D eigenvalue weighted by atomic mass is 9.88. The number of hydrogen-bond acceptors (Lipinski definition) is 2. The second kappa shape index (κ2) is 4.01. The second-order valence-electron chi connectivity index (χ2n) is 4.04. The molecule has 1 aromatic carbocycles. The lowest BCUT2D eigenvalue weighted by Gasteiger charge is -2.24. The molecular formula is C12H17NO. The number of phenols is 1. The quantitative estimate of drug-likeness (QED) is 0.713. The number of nitrogens with one attached hydrogen (secondary N) is 1. The van der Waals surface area contributed by atoms with Crippen LogP contribution in [0.3, 0.4) is 0 Å². The Bertz CT molecular complexity index is 316. The molecule has 1 heterocycles. The third-order valence-electron chi connectivity index (χ3n) is 3.05. The Morgan fingerprint density at radius 1 is 1.29 bits per heavy atom. The summed E-state index contributed by atoms with van der Waals surface area (Å²) >= 11 is 0. The summed E-state index contributed by atoms with van der Waals surface area (Å²) < 4.78 is 0. The van der Waals surface area contributed by atoms with E-state index in [2.05, 4.69) is 11.4 Å². The van der Waals surface area contributed by atoms with Crippen molar-refractivity contribution in [3.05, 3.63) is 29.3 Å². The van der Waals surface area contributed by atoms with Gasteiger partial charge in [0.25, 0.3) is 0 Å². The molecule has 0 spiro atoms. The normalized spacial score (nSPS) is 18.4. The average molecular weight is 191 g/mol. The highest BCUT2D eigenvalue weighted by Crippen LogP contribution is 2.33. The van der Waals surface area contributed by atoms with E-state index in [9.17, 15) is 5.11 Å². The fourth-order valence-corrected chi connectivity index (χ4v) is 2.14. The summed E-state index contributed by atoms with van der Waals surface area (Å²) in [6.45, 7) is 4.09. The van der Waals surface area contributed by atoms with E-state index < -0.39 is 0 Å². The number of aryl methyl sites for hydroxylation is 1. The highest BCUT2D eigenvalue weighted by molar-refractivity contribution is 5.41. The smallest absolute Gasteiger partial charge is 0.121 e. The molecule has 1 saturated heterocycles. The number of phenolic OH excluding ortho intramolecular Hbond substituents is 1. The van der Waals surface area contributed by atoms with Gasteiger partial charge in [0.2, 0.25) is 0 Å². The van der Waals surface area contributed by atoms with Crippen LogP contribution < -0.4 is 5.32 Å². The van der Waals surface area contributed by atoms with Crippen molar-refractivity contribution in [2.45, 2.75) is 25.7 Å². The molecule has 2 nitrogen and oxygen atoms in total. The van der Waals surface area contributed by atoms with Crippen molar-refractivity contribution in [2.24, 2.45) is 0 Å². The minimum Gasteiger partial charge on any atom is -0.507 e. The molecule has 0 bridgehead atoms. The first-order valence-electron chi connectivity index (χ1n) is 5.28. The number of rotatable bonds is 1. The van der Waals surface area contributed by atoms with Crippen LogP contribution in [0.15, 0.2) is 18.2 Å². The van der Waals surface area contributed by atoms with E-state index in [4.69, 9.17) is 0 Å². The summed E-state index contributed by atoms with van der Waals surface area (Å²) in [5, 5.41) is 13.3. The molecule has 1 fully saturated rings. The molecule has 0 radical (unpaired) electrons. The van der Waals surface area contributed by atoms with Gasteiger partial charge in [-0.1, -0.05) is 18.2 Å². The van der Waals surface area contributed by atoms with Crippen LogP contribution in [0, 0.1) is 6.92 Å². The first-order chi connectivity index (χ1) is 6.79. The van der Waals surface area contributed by atoms with Gasteiger partial charge in [-0.05, 0) is 49.9 Å². The third-order valence-corrected chi connectivity index (χ3v) is 3.05. The predicted molar refractivity (Wildman–Crippen MR) is 57.7 cm³/mol. The minimum atomic E-state index is 0.499. The Hall–Kier alpha value is -1.02. The SMILES string of the molecule is Cc1cccc(C2CCNCC2)c1O. The lowest BCUT2D eigenvalue weighted by molar-refractivity contribution is 0.422. The maximum Gasteiger partial charge on any atom is 0.121 e. The van der Waals surface area contributed by atoms with Gasteiger partial charge in [-0.15, -0.1) is 0 Å². The van der Waals surface area contributed by atoms with Crippen molar-refractivity contribution in [2.75, 3.05) is 13.1 Å². The molecule has 0 atom stereocenters. The van der Waals surface area contributed by atoms with Crippen molar-refractivity contribution in [1.29, 1.82) is 0 Å². The molecule has 1 aromatic rings. The zero-order chi connectivity index (χ0) is 9.97. The molecule has 1 aliphatic rings. The number of para-hydroxylation sites is 1. The zero-order valence-corrected chi connectivity index (χ0v) is 8.59. The number of piperidine rings is 1. The number of hydrogen-bond donors (Lipinski definition) is 2. The van der Waals surface area contributed by atoms with Crippen molar-refractivity contribution in [3.63, 3.8) is 0 Å². The van der Waals surface area contributed by atoms with Crippen LogP contribution >= 0.6 is 0 Å². The van der Waals surface area contributed by atoms with E-state index in [0.29, 0.717) is 11.7 Å². The molecule has 2 N–H and O–H groups in total. The maximum absolute atomic E-state index is 9.93. The largest absolute Gasteiger partial charge is 0.507 e. The van der Waals surface area contributed by atoms with E-state index in [1.54, 1.807) is 0 Å². The van der Waals surface area contributed by atoms with E-state index in [1.807, 2.05) is 19.1 Å². The van der Waals surface area contributed by atoms with Crippen LogP contribution in [0.2, 0.25) is 0 Å². The van der Waals surface area contributed by atoms with Gasteiger partial charge in [-0.2, -0.15) is 0 Å². The molecule has 14 heavy (non-hydrogen) atoms. The molecule has 76 valence electrons. The van der Waals surface area contributed by atoms with Gasteiger partial charge in [0.1, 0.15) is 5.75 Å². The monoisotopic (exact) mass is 191 g/mol. The zero-order valence-electron chi connectivity index (χ0n) is 8.59. The number of benzene rings is 1. The summed E-state index contributed by atoms with van der Waals surface area (Å²) in [4.78, 5) is 0. The van der Waals surface area contributed by atoms with Crippen LogP contribution in [0.5, 0.6) is 5.75 Å². The summed E-state index contributed by atoms with van der Waals surface area (Å²) in [6, 6.07) is 6.05. The Morgan fingerprint density at radius 3 is 2.71 bits per heavy atom. The van der Waals surface area contributed by atoms with Crippen molar-refractivity contribution in [1.82, 2.24) is 5.32 Å². The highest BCUT2D eigenvalue weighted by Gasteiger charge is 2.18. The first kappa shape index (κ1) is 9.53. The van der Waals surface area contributed by atoms with E-state index in [1.165, 1.54) is 0 Å². The maximum atomic E-state index is 9.93. The second-order valence-corrected chi connectivity index (χ2v) is 4.04. The van der Waals surface area contributed by atoms with Gasteiger partial charge < -0.3 is 10.4 Å². The predicted octanol–water partition coefficient (Wildman–Crippen LogP) is 2.17. The van der Waals surface area contributed by atoms with Crippen molar-refractivity contribution >= 4 is 0 Å². The molecule has 1 aliphatic heterocycles. The fourth-order valence-electron chi connectivity index (χ4n) is 2.14. The molecule has 0 unspecified atom stereocenters. The summed E-state index contributed by atoms with van der Waals surface area (Å²) in [7, 11) is 0. The van der Waals surface area contributed by atoms with Gasteiger partial charge in [0.05, 0.1) is 0 Å². The lowest BCUT2D eigenvalue weighted by Crippen LogP contribution is -2.26. The topological polar surface area (TPSA) is 32.3 Å². The van der Waals surface area contributed by atoms with E-state index in [0.717, 1.165) is 37.1 Å². The Labute approximate surface area is 85.0 Å². The third kappa shape index (κ3) is 1.75. The van der Waals surface area contributed by atoms with Gasteiger partial charge in [-0.3, -0.25) is 0 Å². The van der Waals surface area contributed by atoms with E-state index in [-0.39, 0.29) is 0 Å². The summed E-state index contributed by atoms with van der Waals surface area (Å²) in [5.41, 5.74) is 2.12. The Kier molecular flexibility index (Phi) is 2.73. The fraction of sp³-hybridized carbons (Fsp3) is 0.500. The summed E-state index contributed by atoms with van der Waals surface area (Å²) in [5.74, 6) is 1.04. The molecule has 2 heteroatoms. The Balaban J connectivity index is 2.26. The van der Waals surface area contributed by atoms with Crippen LogP contribution in [0.25, 0.3) is 0 Å².